The van der Waals surface area contributed by atoms with Gasteiger partial charge in [-0.1, -0.05) is 0 Å². The predicted molar refractivity (Wildman–Crippen MR) is 62.5 cm³/mol. The van der Waals surface area contributed by atoms with E-state index in [1.165, 1.54) is 11.3 Å². The van der Waals surface area contributed by atoms with Gasteiger partial charge in [0, 0.05) is 24.5 Å². The molecule has 1 amide bonds. The average Bonchev–Trinajstić information content (AvgIpc) is 2.97. The Morgan fingerprint density at radius 2 is 2.35 bits per heavy atom. The molecule has 1 aliphatic rings. The first-order valence-electron chi connectivity index (χ1n) is 5.26. The van der Waals surface area contributed by atoms with Crippen molar-refractivity contribution < 1.29 is 19.4 Å². The summed E-state index contributed by atoms with van der Waals surface area (Å²) < 4.78 is 5.01. The summed E-state index contributed by atoms with van der Waals surface area (Å²) in [6, 6.07) is 1.68. The van der Waals surface area contributed by atoms with Crippen LogP contribution in [0, 0.1) is 5.92 Å². The monoisotopic (exact) mass is 255 g/mol. The maximum Gasteiger partial charge on any atom is 0.308 e. The first kappa shape index (κ1) is 11.9. The molecule has 1 aromatic heterocycles. The fourth-order valence-electron chi connectivity index (χ4n) is 1.84. The summed E-state index contributed by atoms with van der Waals surface area (Å²) >= 11 is 1.32. The number of carbonyl (C=O) groups excluding carboxylic acids is 1. The number of aliphatic carboxylic acids is 1. The van der Waals surface area contributed by atoms with Crippen molar-refractivity contribution in [2.75, 3.05) is 20.2 Å². The lowest BCUT2D eigenvalue weighted by Crippen LogP contribution is -2.29. The van der Waals surface area contributed by atoms with Crippen LogP contribution in [-0.4, -0.2) is 42.1 Å². The molecule has 0 saturated carbocycles. The first-order valence-corrected chi connectivity index (χ1v) is 6.14. The van der Waals surface area contributed by atoms with E-state index in [1.807, 2.05) is 0 Å². The maximum atomic E-state index is 12.0. The number of carboxylic acids is 1. The van der Waals surface area contributed by atoms with Gasteiger partial charge in [-0.15, -0.1) is 11.3 Å². The molecule has 0 spiro atoms. The normalized spacial score (nSPS) is 19.4. The third-order valence-electron chi connectivity index (χ3n) is 2.85. The van der Waals surface area contributed by atoms with E-state index in [9.17, 15) is 9.59 Å². The van der Waals surface area contributed by atoms with E-state index < -0.39 is 11.9 Å². The molecular formula is C11H13NO4S. The smallest absolute Gasteiger partial charge is 0.308 e. The molecule has 1 atom stereocenters. The van der Waals surface area contributed by atoms with Crippen molar-refractivity contribution in [3.8, 4) is 5.75 Å². The molecule has 0 radical (unpaired) electrons. The summed E-state index contributed by atoms with van der Waals surface area (Å²) in [5.41, 5.74) is 0. The molecule has 1 N–H and O–H groups in total. The molecule has 0 unspecified atom stereocenters. The summed E-state index contributed by atoms with van der Waals surface area (Å²) in [6.07, 6.45) is 0.531. The van der Waals surface area contributed by atoms with E-state index in [1.54, 1.807) is 23.5 Å². The van der Waals surface area contributed by atoms with Gasteiger partial charge in [0.25, 0.3) is 5.91 Å². The predicted octanol–water partition coefficient (Wildman–Crippen LogP) is 1.30. The van der Waals surface area contributed by atoms with Gasteiger partial charge in [0.1, 0.15) is 5.75 Å². The number of hydrogen-bond donors (Lipinski definition) is 1. The number of likely N-dealkylation sites (tertiary alicyclic amines) is 1. The molecule has 92 valence electrons. The Kier molecular flexibility index (Phi) is 3.33. The minimum absolute atomic E-state index is 0.109. The molecule has 2 heterocycles. The molecule has 0 aliphatic carbocycles. The van der Waals surface area contributed by atoms with Crippen LogP contribution < -0.4 is 4.74 Å². The van der Waals surface area contributed by atoms with Gasteiger partial charge in [-0.2, -0.15) is 0 Å². The number of carbonyl (C=O) groups is 2. The van der Waals surface area contributed by atoms with Gasteiger partial charge >= 0.3 is 5.97 Å². The van der Waals surface area contributed by atoms with Crippen LogP contribution in [0.2, 0.25) is 0 Å². The second-order valence-corrected chi connectivity index (χ2v) is 4.84. The molecular weight excluding hydrogens is 242 g/mol. The number of rotatable bonds is 3. The number of thiophene rings is 1. The second-order valence-electron chi connectivity index (χ2n) is 3.93. The van der Waals surface area contributed by atoms with Crippen LogP contribution in [0.4, 0.5) is 0 Å². The van der Waals surface area contributed by atoms with Crippen molar-refractivity contribution in [1.82, 2.24) is 4.90 Å². The summed E-state index contributed by atoms with van der Waals surface area (Å²) in [5.74, 6) is -0.709. The molecule has 17 heavy (non-hydrogen) atoms. The lowest BCUT2D eigenvalue weighted by atomic mass is 10.1. The van der Waals surface area contributed by atoms with Crippen molar-refractivity contribution in [2.24, 2.45) is 5.92 Å². The quantitative estimate of drug-likeness (QED) is 0.884. The zero-order valence-corrected chi connectivity index (χ0v) is 10.2. The van der Waals surface area contributed by atoms with Crippen LogP contribution in [0.25, 0.3) is 0 Å². The van der Waals surface area contributed by atoms with Crippen LogP contribution in [-0.2, 0) is 4.79 Å². The van der Waals surface area contributed by atoms with Crippen LogP contribution in [0.15, 0.2) is 11.4 Å². The Morgan fingerprint density at radius 1 is 1.59 bits per heavy atom. The zero-order chi connectivity index (χ0) is 12.4. The number of nitrogens with zero attached hydrogens (tertiary/aromatic N) is 1. The Bertz CT molecular complexity index is 442. The van der Waals surface area contributed by atoms with E-state index in [4.69, 9.17) is 9.84 Å². The maximum absolute atomic E-state index is 12.0. The van der Waals surface area contributed by atoms with Gasteiger partial charge in [0.2, 0.25) is 0 Å². The summed E-state index contributed by atoms with van der Waals surface area (Å²) in [4.78, 5) is 25.0. The van der Waals surface area contributed by atoms with Crippen molar-refractivity contribution in [1.29, 1.82) is 0 Å². The zero-order valence-electron chi connectivity index (χ0n) is 9.38. The van der Waals surface area contributed by atoms with E-state index in [0.717, 1.165) is 0 Å². The van der Waals surface area contributed by atoms with E-state index >= 15 is 0 Å². The number of ether oxygens (including phenoxy) is 1. The summed E-state index contributed by atoms with van der Waals surface area (Å²) in [5, 5.41) is 10.6. The van der Waals surface area contributed by atoms with E-state index in [-0.39, 0.29) is 5.91 Å². The van der Waals surface area contributed by atoms with Gasteiger partial charge in [-0.25, -0.2) is 0 Å². The fraction of sp³-hybridized carbons (Fsp3) is 0.455. The molecule has 0 bridgehead atoms. The summed E-state index contributed by atoms with van der Waals surface area (Å²) in [6.45, 7) is 0.810. The Morgan fingerprint density at radius 3 is 2.88 bits per heavy atom. The third-order valence-corrected chi connectivity index (χ3v) is 3.74. The molecule has 1 aromatic rings. The topological polar surface area (TPSA) is 66.8 Å². The fourth-order valence-corrected chi connectivity index (χ4v) is 2.66. The van der Waals surface area contributed by atoms with E-state index in [2.05, 4.69) is 0 Å². The largest absolute Gasteiger partial charge is 0.496 e. The number of carboxylic acid groups (broad SMARTS) is 1. The molecule has 1 aliphatic heterocycles. The molecule has 1 saturated heterocycles. The van der Waals surface area contributed by atoms with Gasteiger partial charge in [0.05, 0.1) is 17.9 Å². The highest BCUT2D eigenvalue weighted by molar-refractivity contribution is 7.12. The number of methoxy groups -OCH3 is 1. The lowest BCUT2D eigenvalue weighted by molar-refractivity contribution is -0.141. The Hall–Kier alpha value is -1.56. The first-order chi connectivity index (χ1) is 8.11. The van der Waals surface area contributed by atoms with Gasteiger partial charge in [-0.05, 0) is 6.42 Å². The standard InChI is InChI=1S/C11H13NO4S/c1-16-8-4-9(17-6-8)10(13)12-3-2-7(5-12)11(14)15/h4,6-7H,2-3,5H2,1H3,(H,14,15)/t7-/m0/s1. The van der Waals surface area contributed by atoms with Gasteiger partial charge in [-0.3, -0.25) is 9.59 Å². The molecule has 6 heteroatoms. The molecule has 2 rings (SSSR count). The number of amides is 1. The average molecular weight is 255 g/mol. The minimum Gasteiger partial charge on any atom is -0.496 e. The van der Waals surface area contributed by atoms with Crippen molar-refractivity contribution in [2.45, 2.75) is 6.42 Å². The van der Waals surface area contributed by atoms with Crippen LogP contribution >= 0.6 is 11.3 Å². The SMILES string of the molecule is COc1csc(C(=O)N2CC[C@H](C(=O)O)C2)c1. The van der Waals surface area contributed by atoms with Crippen molar-refractivity contribution in [3.63, 3.8) is 0 Å². The highest BCUT2D eigenvalue weighted by Crippen LogP contribution is 2.25. The molecule has 1 fully saturated rings. The Labute approximate surface area is 103 Å². The lowest BCUT2D eigenvalue weighted by Gasteiger charge is -2.14. The van der Waals surface area contributed by atoms with Crippen LogP contribution in [0.3, 0.4) is 0 Å². The van der Waals surface area contributed by atoms with Crippen LogP contribution in [0.5, 0.6) is 5.75 Å². The second kappa shape index (κ2) is 4.75. The molecule has 0 aromatic carbocycles. The third kappa shape index (κ3) is 2.41. The summed E-state index contributed by atoms with van der Waals surface area (Å²) in [7, 11) is 1.55. The van der Waals surface area contributed by atoms with Gasteiger partial charge < -0.3 is 14.7 Å². The number of hydrogen-bond acceptors (Lipinski definition) is 4. The highest BCUT2D eigenvalue weighted by Gasteiger charge is 2.31. The van der Waals surface area contributed by atoms with E-state index in [0.29, 0.717) is 30.1 Å². The minimum atomic E-state index is -0.830. The molecule has 5 nitrogen and oxygen atoms in total. The van der Waals surface area contributed by atoms with Gasteiger partial charge in [0.15, 0.2) is 0 Å². The Balaban J connectivity index is 2.04. The van der Waals surface area contributed by atoms with Crippen LogP contribution in [0.1, 0.15) is 16.1 Å². The van der Waals surface area contributed by atoms with Crippen molar-refractivity contribution >= 4 is 23.2 Å². The highest BCUT2D eigenvalue weighted by atomic mass is 32.1. The van der Waals surface area contributed by atoms with Crippen molar-refractivity contribution in [3.05, 3.63) is 16.3 Å².